The van der Waals surface area contributed by atoms with Crippen LogP contribution in [0, 0.1) is 0 Å². The summed E-state index contributed by atoms with van der Waals surface area (Å²) in [6.07, 6.45) is 0.737. The third kappa shape index (κ3) is 6.94. The lowest BCUT2D eigenvalue weighted by Crippen LogP contribution is -2.34. The van der Waals surface area contributed by atoms with Crippen molar-refractivity contribution in [3.8, 4) is 5.75 Å². The summed E-state index contributed by atoms with van der Waals surface area (Å²) >= 11 is 5.27. The van der Waals surface area contributed by atoms with Gasteiger partial charge in [0.15, 0.2) is 5.11 Å². The van der Waals surface area contributed by atoms with Crippen molar-refractivity contribution in [2.75, 3.05) is 17.2 Å². The molecule has 6 nitrogen and oxygen atoms in total. The van der Waals surface area contributed by atoms with Crippen LogP contribution in [-0.2, 0) is 11.2 Å². The Bertz CT molecular complexity index is 1070. The number of rotatable bonds is 7. The van der Waals surface area contributed by atoms with Crippen LogP contribution in [0.25, 0.3) is 0 Å². The maximum absolute atomic E-state index is 12.7. The predicted octanol–water partition coefficient (Wildman–Crippen LogP) is 4.39. The van der Waals surface area contributed by atoms with Crippen molar-refractivity contribution in [1.29, 1.82) is 0 Å². The molecule has 0 fully saturated rings. The van der Waals surface area contributed by atoms with E-state index < -0.39 is 0 Å². The third-order valence-electron chi connectivity index (χ3n) is 4.29. The van der Waals surface area contributed by atoms with Gasteiger partial charge in [-0.05, 0) is 48.1 Å². The number of carbonyl (C=O) groups excluding carboxylic acids is 2. The smallest absolute Gasteiger partial charge is 0.261 e. The van der Waals surface area contributed by atoms with Gasteiger partial charge in [-0.3, -0.25) is 14.9 Å². The summed E-state index contributed by atoms with van der Waals surface area (Å²) < 4.78 is 5.85. The lowest BCUT2D eigenvalue weighted by Gasteiger charge is -2.13. The number of benzene rings is 3. The summed E-state index contributed by atoms with van der Waals surface area (Å²) in [6.45, 7) is 1.89. The van der Waals surface area contributed by atoms with Crippen LogP contribution >= 0.6 is 12.2 Å². The van der Waals surface area contributed by atoms with Crippen LogP contribution in [-0.4, -0.2) is 23.5 Å². The third-order valence-corrected chi connectivity index (χ3v) is 4.49. The summed E-state index contributed by atoms with van der Waals surface area (Å²) in [5, 5.41) is 8.46. The summed E-state index contributed by atoms with van der Waals surface area (Å²) in [5.74, 6) is -0.0471. The Kier molecular flexibility index (Phi) is 7.73. The SMILES string of the molecule is CC(=O)Nc1cccc(NC(=S)NC(=O)c2ccccc2OCCc2ccccc2)c1. The van der Waals surface area contributed by atoms with Crippen molar-refractivity contribution < 1.29 is 14.3 Å². The zero-order chi connectivity index (χ0) is 22.1. The first kappa shape index (κ1) is 22.0. The van der Waals surface area contributed by atoms with Crippen LogP contribution in [0.1, 0.15) is 22.8 Å². The number of para-hydroxylation sites is 1. The lowest BCUT2D eigenvalue weighted by molar-refractivity contribution is -0.114. The van der Waals surface area contributed by atoms with E-state index in [1.165, 1.54) is 6.92 Å². The van der Waals surface area contributed by atoms with Crippen molar-refractivity contribution in [2.45, 2.75) is 13.3 Å². The van der Waals surface area contributed by atoms with Crippen LogP contribution in [0.15, 0.2) is 78.9 Å². The highest BCUT2D eigenvalue weighted by molar-refractivity contribution is 7.80. The van der Waals surface area contributed by atoms with E-state index in [2.05, 4.69) is 16.0 Å². The van der Waals surface area contributed by atoms with Gasteiger partial charge in [0.2, 0.25) is 5.91 Å². The van der Waals surface area contributed by atoms with Crippen LogP contribution < -0.4 is 20.7 Å². The maximum Gasteiger partial charge on any atom is 0.261 e. The van der Waals surface area contributed by atoms with E-state index in [-0.39, 0.29) is 16.9 Å². The summed E-state index contributed by atoms with van der Waals surface area (Å²) in [6, 6.07) is 24.1. The highest BCUT2D eigenvalue weighted by Gasteiger charge is 2.14. The van der Waals surface area contributed by atoms with Gasteiger partial charge in [-0.2, -0.15) is 0 Å². The molecule has 0 saturated heterocycles. The minimum absolute atomic E-state index is 0.143. The minimum Gasteiger partial charge on any atom is -0.492 e. The van der Waals surface area contributed by atoms with Crippen molar-refractivity contribution in [1.82, 2.24) is 5.32 Å². The van der Waals surface area contributed by atoms with Gasteiger partial charge >= 0.3 is 0 Å². The van der Waals surface area contributed by atoms with Gasteiger partial charge < -0.3 is 15.4 Å². The molecule has 7 heteroatoms. The zero-order valence-electron chi connectivity index (χ0n) is 17.1. The molecule has 3 aromatic rings. The summed E-state index contributed by atoms with van der Waals surface area (Å²) in [7, 11) is 0. The van der Waals surface area contributed by atoms with Crippen LogP contribution in [0.4, 0.5) is 11.4 Å². The Labute approximate surface area is 186 Å². The molecule has 31 heavy (non-hydrogen) atoms. The number of carbonyl (C=O) groups is 2. The van der Waals surface area contributed by atoms with Crippen molar-refractivity contribution in [2.24, 2.45) is 0 Å². The van der Waals surface area contributed by atoms with E-state index in [0.29, 0.717) is 29.3 Å². The van der Waals surface area contributed by atoms with Crippen LogP contribution in [0.3, 0.4) is 0 Å². The fourth-order valence-electron chi connectivity index (χ4n) is 2.91. The molecule has 0 bridgehead atoms. The van der Waals surface area contributed by atoms with Gasteiger partial charge in [0.1, 0.15) is 5.75 Å². The average molecular weight is 434 g/mol. The van der Waals surface area contributed by atoms with Gasteiger partial charge in [-0.25, -0.2) is 0 Å². The topological polar surface area (TPSA) is 79.5 Å². The molecule has 0 aliphatic heterocycles. The molecular weight excluding hydrogens is 410 g/mol. The molecule has 158 valence electrons. The summed E-state index contributed by atoms with van der Waals surface area (Å²) in [4.78, 5) is 23.9. The number of hydrogen-bond donors (Lipinski definition) is 3. The molecule has 0 aliphatic rings. The molecular formula is C24H23N3O3S. The molecule has 3 rings (SSSR count). The Balaban J connectivity index is 1.58. The first-order valence-electron chi connectivity index (χ1n) is 9.77. The molecule has 2 amide bonds. The quantitative estimate of drug-likeness (QED) is 0.482. The van der Waals surface area contributed by atoms with E-state index in [1.807, 2.05) is 36.4 Å². The molecule has 3 aromatic carbocycles. The molecule has 0 radical (unpaired) electrons. The Morgan fingerprint density at radius 3 is 2.29 bits per heavy atom. The van der Waals surface area contributed by atoms with Gasteiger partial charge in [-0.15, -0.1) is 0 Å². The van der Waals surface area contributed by atoms with E-state index in [9.17, 15) is 9.59 Å². The number of nitrogens with one attached hydrogen (secondary N) is 3. The Morgan fingerprint density at radius 1 is 0.871 bits per heavy atom. The number of thiocarbonyl (C=S) groups is 1. The van der Waals surface area contributed by atoms with Gasteiger partial charge in [0.25, 0.3) is 5.91 Å². The normalized spacial score (nSPS) is 10.1. The fourth-order valence-corrected chi connectivity index (χ4v) is 3.12. The van der Waals surface area contributed by atoms with Crippen LogP contribution in [0.2, 0.25) is 0 Å². The molecule has 0 spiro atoms. The van der Waals surface area contributed by atoms with E-state index in [0.717, 1.165) is 12.0 Å². The van der Waals surface area contributed by atoms with Gasteiger partial charge in [-0.1, -0.05) is 48.5 Å². The average Bonchev–Trinajstić information content (AvgIpc) is 2.74. The monoisotopic (exact) mass is 433 g/mol. The highest BCUT2D eigenvalue weighted by atomic mass is 32.1. The molecule has 0 saturated carbocycles. The second-order valence-corrected chi connectivity index (χ2v) is 7.16. The van der Waals surface area contributed by atoms with E-state index >= 15 is 0 Å². The van der Waals surface area contributed by atoms with Gasteiger partial charge in [0, 0.05) is 24.7 Å². The molecule has 0 heterocycles. The second kappa shape index (κ2) is 10.9. The molecule has 0 aromatic heterocycles. The zero-order valence-corrected chi connectivity index (χ0v) is 17.9. The van der Waals surface area contributed by atoms with Crippen molar-refractivity contribution in [3.05, 3.63) is 90.0 Å². The molecule has 0 atom stereocenters. The lowest BCUT2D eigenvalue weighted by atomic mass is 10.1. The summed E-state index contributed by atoms with van der Waals surface area (Å²) in [5.41, 5.74) is 2.83. The molecule has 0 aliphatic carbocycles. The van der Waals surface area contributed by atoms with Crippen LogP contribution in [0.5, 0.6) is 5.75 Å². The predicted molar refractivity (Wildman–Crippen MR) is 127 cm³/mol. The highest BCUT2D eigenvalue weighted by Crippen LogP contribution is 2.19. The Morgan fingerprint density at radius 2 is 1.55 bits per heavy atom. The van der Waals surface area contributed by atoms with Gasteiger partial charge in [0.05, 0.1) is 12.2 Å². The number of ether oxygens (including phenoxy) is 1. The maximum atomic E-state index is 12.7. The Hall–Kier alpha value is -3.71. The first-order valence-corrected chi connectivity index (χ1v) is 10.2. The fraction of sp³-hybridized carbons (Fsp3) is 0.125. The minimum atomic E-state index is -0.370. The van der Waals surface area contributed by atoms with E-state index in [4.69, 9.17) is 17.0 Å². The molecule has 3 N–H and O–H groups in total. The molecule has 0 unspecified atom stereocenters. The number of anilines is 2. The van der Waals surface area contributed by atoms with Crippen molar-refractivity contribution >= 4 is 40.5 Å². The standard InChI is InChI=1S/C24H23N3O3S/c1-17(28)25-19-10-7-11-20(16-19)26-24(31)27-23(29)21-12-5-6-13-22(21)30-15-14-18-8-3-2-4-9-18/h2-13,16H,14-15H2,1H3,(H,25,28)(H2,26,27,29,31). The largest absolute Gasteiger partial charge is 0.492 e. The first-order chi connectivity index (χ1) is 15.0. The number of amides is 2. The van der Waals surface area contributed by atoms with Crippen molar-refractivity contribution in [3.63, 3.8) is 0 Å². The number of hydrogen-bond acceptors (Lipinski definition) is 4. The second-order valence-electron chi connectivity index (χ2n) is 6.75. The van der Waals surface area contributed by atoms with E-state index in [1.54, 1.807) is 42.5 Å².